The van der Waals surface area contributed by atoms with Crippen LogP contribution in [-0.4, -0.2) is 65.2 Å². The van der Waals surface area contributed by atoms with Crippen molar-refractivity contribution in [1.29, 1.82) is 5.41 Å². The first-order chi connectivity index (χ1) is 16.5. The van der Waals surface area contributed by atoms with Gasteiger partial charge in [0.1, 0.15) is 17.7 Å². The monoisotopic (exact) mass is 483 g/mol. The predicted molar refractivity (Wildman–Crippen MR) is 138 cm³/mol. The van der Waals surface area contributed by atoms with Gasteiger partial charge in [-0.05, 0) is 50.7 Å². The van der Waals surface area contributed by atoms with Crippen molar-refractivity contribution in [2.24, 2.45) is 0 Å². The summed E-state index contributed by atoms with van der Waals surface area (Å²) >= 11 is 0. The normalized spacial score (nSPS) is 28.8. The minimum absolute atomic E-state index is 0.0588. The van der Waals surface area contributed by atoms with Crippen LogP contribution in [0.4, 0.5) is 0 Å². The fourth-order valence-electron chi connectivity index (χ4n) is 5.78. The molecule has 1 unspecified atom stereocenters. The van der Waals surface area contributed by atoms with E-state index in [0.717, 1.165) is 29.8 Å². The Morgan fingerprint density at radius 2 is 2.03 bits per heavy atom. The summed E-state index contributed by atoms with van der Waals surface area (Å²) in [7, 11) is 0. The molecule has 8 nitrogen and oxygen atoms in total. The zero-order chi connectivity index (χ0) is 25.5. The van der Waals surface area contributed by atoms with Crippen molar-refractivity contribution < 1.29 is 14.6 Å². The number of aliphatic hydroxyl groups excluding tert-OH is 1. The number of carbonyl (C=O) groups excluding carboxylic acids is 1. The molecule has 4 atom stereocenters. The van der Waals surface area contributed by atoms with Gasteiger partial charge in [0.2, 0.25) is 0 Å². The molecule has 1 amide bonds. The highest BCUT2D eigenvalue weighted by Gasteiger charge is 2.58. The van der Waals surface area contributed by atoms with Gasteiger partial charge in [-0.15, -0.1) is 0 Å². The number of hydrogen-bond acceptors (Lipinski definition) is 6. The van der Waals surface area contributed by atoms with Gasteiger partial charge in [0.25, 0.3) is 5.91 Å². The Balaban J connectivity index is 1.61. The summed E-state index contributed by atoms with van der Waals surface area (Å²) in [6.07, 6.45) is 1.62. The highest BCUT2D eigenvalue weighted by atomic mass is 16.5. The Morgan fingerprint density at radius 3 is 2.71 bits per heavy atom. The van der Waals surface area contributed by atoms with Gasteiger partial charge < -0.3 is 30.7 Å². The molecule has 2 fully saturated rings. The van der Waals surface area contributed by atoms with E-state index in [1.165, 1.54) is 0 Å². The molecule has 2 saturated heterocycles. The van der Waals surface area contributed by atoms with Crippen LogP contribution in [0.3, 0.4) is 0 Å². The molecule has 0 bridgehead atoms. The minimum atomic E-state index is -0.827. The van der Waals surface area contributed by atoms with Crippen molar-refractivity contribution in [2.75, 3.05) is 19.7 Å². The minimum Gasteiger partial charge on any atom is -0.492 e. The number of para-hydroxylation sites is 1. The summed E-state index contributed by atoms with van der Waals surface area (Å²) in [5, 5.41) is 29.9. The number of rotatable bonds is 5. The number of carbonyl (C=O) groups is 1. The molecule has 5 N–H and O–H groups in total. The second-order valence-corrected chi connectivity index (χ2v) is 11.2. The summed E-state index contributed by atoms with van der Waals surface area (Å²) in [5.74, 6) is 1.86. The molecular weight excluding hydrogens is 442 g/mol. The maximum Gasteiger partial charge on any atom is 0.255 e. The van der Waals surface area contributed by atoms with Gasteiger partial charge in [0, 0.05) is 25.1 Å². The first-order valence-electron chi connectivity index (χ1n) is 12.8. The average Bonchev–Trinajstić information content (AvgIpc) is 3.05. The maximum atomic E-state index is 13.5. The molecule has 192 valence electrons. The van der Waals surface area contributed by atoms with E-state index in [2.05, 4.69) is 34.7 Å². The smallest absolute Gasteiger partial charge is 0.255 e. The van der Waals surface area contributed by atoms with Crippen molar-refractivity contribution in [2.45, 2.75) is 89.9 Å². The van der Waals surface area contributed by atoms with Gasteiger partial charge in [0.05, 0.1) is 35.6 Å². The van der Waals surface area contributed by atoms with E-state index in [0.29, 0.717) is 43.3 Å². The van der Waals surface area contributed by atoms with Gasteiger partial charge in [-0.1, -0.05) is 32.9 Å². The molecule has 0 aliphatic carbocycles. The second kappa shape index (κ2) is 9.37. The van der Waals surface area contributed by atoms with Gasteiger partial charge in [-0.25, -0.2) is 0 Å². The van der Waals surface area contributed by atoms with Crippen LogP contribution in [0, 0.1) is 5.41 Å². The molecule has 3 aliphatic heterocycles. The maximum absolute atomic E-state index is 13.5. The Kier molecular flexibility index (Phi) is 6.79. The highest BCUT2D eigenvalue weighted by Crippen LogP contribution is 2.41. The topological polar surface area (TPSA) is 110 Å². The molecule has 1 aromatic rings. The van der Waals surface area contributed by atoms with Crippen LogP contribution in [-0.2, 0) is 5.41 Å². The lowest BCUT2D eigenvalue weighted by molar-refractivity contribution is 0.00770. The van der Waals surface area contributed by atoms with Crippen molar-refractivity contribution >= 4 is 11.7 Å². The lowest BCUT2D eigenvalue weighted by Crippen LogP contribution is -2.70. The lowest BCUT2D eigenvalue weighted by Gasteiger charge is -2.50. The molecule has 8 heteroatoms. The van der Waals surface area contributed by atoms with Crippen molar-refractivity contribution in [3.05, 3.63) is 40.7 Å². The fraction of sp³-hybridized carbons (Fsp3) is 0.630. The Hall–Kier alpha value is -2.74. The van der Waals surface area contributed by atoms with Gasteiger partial charge >= 0.3 is 0 Å². The number of aliphatic hydroxyl groups is 1. The number of hydrogen-bond donors (Lipinski definition) is 5. The first-order valence-corrected chi connectivity index (χ1v) is 12.8. The molecular formula is C27H41N5O3. The molecule has 3 aliphatic rings. The van der Waals surface area contributed by atoms with E-state index in [1.54, 1.807) is 6.07 Å². The zero-order valence-corrected chi connectivity index (χ0v) is 21.9. The number of nitrogens with zero attached hydrogens (tertiary/aromatic N) is 1. The second-order valence-electron chi connectivity index (χ2n) is 11.2. The number of fused-ring (bicyclic) bond motifs is 2. The van der Waals surface area contributed by atoms with E-state index in [-0.39, 0.29) is 17.4 Å². The zero-order valence-electron chi connectivity index (χ0n) is 21.9. The molecule has 35 heavy (non-hydrogen) atoms. The Labute approximate surface area is 209 Å². The molecule has 0 radical (unpaired) electrons. The van der Waals surface area contributed by atoms with E-state index in [9.17, 15) is 9.90 Å². The van der Waals surface area contributed by atoms with Crippen LogP contribution in [0.15, 0.2) is 29.6 Å². The van der Waals surface area contributed by atoms with E-state index >= 15 is 0 Å². The summed E-state index contributed by atoms with van der Waals surface area (Å²) in [6, 6.07) is 5.08. The van der Waals surface area contributed by atoms with Gasteiger partial charge in [-0.3, -0.25) is 10.2 Å². The summed E-state index contributed by atoms with van der Waals surface area (Å²) in [4.78, 5) is 15.7. The molecule has 3 heterocycles. The average molecular weight is 484 g/mol. The van der Waals surface area contributed by atoms with E-state index in [1.807, 2.05) is 39.8 Å². The first kappa shape index (κ1) is 25.4. The SMILES string of the molecule is CCCC(=N)NC1CNC(=C(C)C)N2C[C@@H](NC(=O)c3cccc4c3OCCC4(C)C)[C@@H](O)[C@]12C. The summed E-state index contributed by atoms with van der Waals surface area (Å²) in [5.41, 5.74) is 1.92. The van der Waals surface area contributed by atoms with Crippen LogP contribution in [0.5, 0.6) is 5.75 Å². The van der Waals surface area contributed by atoms with E-state index < -0.39 is 17.7 Å². The van der Waals surface area contributed by atoms with Crippen LogP contribution in [0.25, 0.3) is 0 Å². The van der Waals surface area contributed by atoms with Gasteiger partial charge in [0.15, 0.2) is 0 Å². The number of amidine groups is 1. The van der Waals surface area contributed by atoms with Crippen molar-refractivity contribution in [3.63, 3.8) is 0 Å². The number of allylic oxidation sites excluding steroid dienone is 1. The van der Waals surface area contributed by atoms with Crippen LogP contribution >= 0.6 is 0 Å². The summed E-state index contributed by atoms with van der Waals surface area (Å²) < 4.78 is 5.96. The number of ether oxygens (including phenoxy) is 1. The van der Waals surface area contributed by atoms with Crippen molar-refractivity contribution in [1.82, 2.24) is 20.9 Å². The van der Waals surface area contributed by atoms with E-state index in [4.69, 9.17) is 10.1 Å². The summed E-state index contributed by atoms with van der Waals surface area (Å²) in [6.45, 7) is 14.2. The third kappa shape index (κ3) is 4.37. The molecule has 0 aromatic heterocycles. The number of amides is 1. The standard InChI is InChI=1S/C27H41N5O3/c1-7-9-21(28)31-20-14-29-24(16(2)3)32-15-19(23(33)27(20,32)6)30-25(34)17-10-8-11-18-22(17)35-13-12-26(18,4)5/h8,10-11,19-20,23,29,33H,7,9,12-15H2,1-6H3,(H2,28,31)(H,30,34)/t19-,20?,23-,27+/m1/s1. The lowest BCUT2D eigenvalue weighted by atomic mass is 9.79. The van der Waals surface area contributed by atoms with Crippen molar-refractivity contribution in [3.8, 4) is 5.75 Å². The number of nitrogens with one attached hydrogen (secondary N) is 4. The molecule has 0 saturated carbocycles. The third-order valence-electron chi connectivity index (χ3n) is 7.99. The van der Waals surface area contributed by atoms with Crippen LogP contribution < -0.4 is 20.7 Å². The highest BCUT2D eigenvalue weighted by molar-refractivity contribution is 5.98. The largest absolute Gasteiger partial charge is 0.492 e. The molecule has 0 spiro atoms. The van der Waals surface area contributed by atoms with Crippen LogP contribution in [0.1, 0.15) is 76.7 Å². The number of benzene rings is 1. The Bertz CT molecular complexity index is 1030. The Morgan fingerprint density at radius 1 is 1.29 bits per heavy atom. The molecule has 1 aromatic carbocycles. The predicted octanol–water partition coefficient (Wildman–Crippen LogP) is 2.87. The quantitative estimate of drug-likeness (QED) is 0.325. The fourth-order valence-corrected chi connectivity index (χ4v) is 5.78. The molecule has 4 rings (SSSR count). The van der Waals surface area contributed by atoms with Crippen LogP contribution in [0.2, 0.25) is 0 Å². The third-order valence-corrected chi connectivity index (χ3v) is 7.99. The van der Waals surface area contributed by atoms with Gasteiger partial charge in [-0.2, -0.15) is 0 Å².